The third kappa shape index (κ3) is 4.32. The Labute approximate surface area is 290 Å². The van der Waals surface area contributed by atoms with Gasteiger partial charge in [0.05, 0.1) is 5.41 Å². The molecule has 0 unspecified atom stereocenters. The minimum Gasteiger partial charge on any atom is -0.310 e. The van der Waals surface area contributed by atoms with Gasteiger partial charge in [0.1, 0.15) is 0 Å². The fourth-order valence-corrected chi connectivity index (χ4v) is 8.66. The van der Waals surface area contributed by atoms with Crippen molar-refractivity contribution < 1.29 is 0 Å². The molecule has 9 rings (SSSR count). The smallest absolute Gasteiger partial charge is 0.0714 e. The van der Waals surface area contributed by atoms with Crippen molar-refractivity contribution in [2.24, 2.45) is 0 Å². The molecule has 1 heteroatoms. The van der Waals surface area contributed by atoms with Crippen molar-refractivity contribution in [3.63, 3.8) is 0 Å². The largest absolute Gasteiger partial charge is 0.310 e. The molecule has 2 aliphatic rings. The molecule has 0 saturated carbocycles. The zero-order chi connectivity index (χ0) is 33.3. The Kier molecular flexibility index (Phi) is 6.58. The molecule has 0 saturated heterocycles. The van der Waals surface area contributed by atoms with Gasteiger partial charge in [-0.2, -0.15) is 0 Å². The van der Waals surface area contributed by atoms with Crippen LogP contribution in [0.15, 0.2) is 164 Å². The van der Waals surface area contributed by atoms with E-state index in [1.165, 1.54) is 66.8 Å². The number of fused-ring (bicyclic) bond motifs is 6. The molecule has 1 nitrogen and oxygen atoms in total. The Hall–Kier alpha value is -5.66. The highest BCUT2D eigenvalue weighted by atomic mass is 15.1. The number of aryl methyl sites for hydroxylation is 2. The van der Waals surface area contributed by atoms with Gasteiger partial charge < -0.3 is 4.90 Å². The summed E-state index contributed by atoms with van der Waals surface area (Å²) in [6, 6.07) is 61.3. The molecule has 2 aliphatic carbocycles. The van der Waals surface area contributed by atoms with Crippen LogP contribution in [0.3, 0.4) is 0 Å². The van der Waals surface area contributed by atoms with Crippen LogP contribution in [0.25, 0.3) is 22.3 Å². The summed E-state index contributed by atoms with van der Waals surface area (Å²) in [6.45, 7) is 9.06. The normalized spacial score (nSPS) is 14.4. The van der Waals surface area contributed by atoms with Gasteiger partial charge in [0.15, 0.2) is 0 Å². The number of benzene rings is 7. The van der Waals surface area contributed by atoms with Gasteiger partial charge in [-0.15, -0.1) is 0 Å². The Morgan fingerprint density at radius 3 is 1.41 bits per heavy atom. The van der Waals surface area contributed by atoms with Crippen molar-refractivity contribution >= 4 is 17.1 Å². The van der Waals surface area contributed by atoms with Crippen LogP contribution in [0.4, 0.5) is 17.1 Å². The zero-order valence-electron chi connectivity index (χ0n) is 28.5. The molecule has 0 N–H and O–H groups in total. The van der Waals surface area contributed by atoms with Crippen molar-refractivity contribution in [2.45, 2.75) is 38.5 Å². The predicted molar refractivity (Wildman–Crippen MR) is 205 cm³/mol. The molecule has 0 heterocycles. The van der Waals surface area contributed by atoms with E-state index in [2.05, 4.69) is 196 Å². The lowest BCUT2D eigenvalue weighted by Gasteiger charge is -2.35. The van der Waals surface area contributed by atoms with Crippen molar-refractivity contribution in [3.8, 4) is 22.3 Å². The number of hydrogen-bond donors (Lipinski definition) is 0. The highest BCUT2D eigenvalue weighted by Gasteiger charge is 2.46. The maximum absolute atomic E-state index is 2.47. The van der Waals surface area contributed by atoms with Gasteiger partial charge >= 0.3 is 0 Å². The van der Waals surface area contributed by atoms with E-state index in [-0.39, 0.29) is 5.41 Å². The first kappa shape index (κ1) is 29.5. The fourth-order valence-electron chi connectivity index (χ4n) is 8.66. The van der Waals surface area contributed by atoms with Crippen LogP contribution in [0.5, 0.6) is 0 Å². The van der Waals surface area contributed by atoms with Crippen LogP contribution < -0.4 is 4.90 Å². The molecule has 0 fully saturated rings. The highest BCUT2D eigenvalue weighted by Crippen LogP contribution is 2.58. The average Bonchev–Trinajstić information content (AvgIpc) is 3.55. The van der Waals surface area contributed by atoms with Gasteiger partial charge in [-0.3, -0.25) is 0 Å². The monoisotopic (exact) mass is 629 g/mol. The summed E-state index contributed by atoms with van der Waals surface area (Å²) >= 11 is 0. The van der Waals surface area contributed by atoms with E-state index >= 15 is 0 Å². The molecule has 0 atom stereocenters. The molecule has 0 spiro atoms. The third-order valence-corrected chi connectivity index (χ3v) is 11.1. The number of hydrogen-bond acceptors (Lipinski definition) is 1. The van der Waals surface area contributed by atoms with Crippen LogP contribution >= 0.6 is 0 Å². The van der Waals surface area contributed by atoms with Crippen molar-refractivity contribution in [2.75, 3.05) is 4.90 Å². The van der Waals surface area contributed by atoms with Crippen molar-refractivity contribution in [3.05, 3.63) is 208 Å². The maximum Gasteiger partial charge on any atom is 0.0714 e. The topological polar surface area (TPSA) is 3.24 Å². The van der Waals surface area contributed by atoms with E-state index in [4.69, 9.17) is 0 Å². The van der Waals surface area contributed by atoms with Gasteiger partial charge in [-0.05, 0) is 106 Å². The van der Waals surface area contributed by atoms with E-state index in [0.29, 0.717) is 0 Å². The third-order valence-electron chi connectivity index (χ3n) is 11.1. The zero-order valence-corrected chi connectivity index (χ0v) is 28.5. The summed E-state index contributed by atoms with van der Waals surface area (Å²) in [5, 5.41) is 0. The first-order valence-corrected chi connectivity index (χ1v) is 17.4. The molecule has 7 aromatic carbocycles. The van der Waals surface area contributed by atoms with Crippen molar-refractivity contribution in [1.29, 1.82) is 0 Å². The van der Waals surface area contributed by atoms with Gasteiger partial charge in [0.25, 0.3) is 0 Å². The second kappa shape index (κ2) is 10.9. The Balaban J connectivity index is 1.30. The maximum atomic E-state index is 2.47. The van der Waals surface area contributed by atoms with Crippen molar-refractivity contribution in [1.82, 2.24) is 0 Å². The summed E-state index contributed by atoms with van der Waals surface area (Å²) < 4.78 is 0. The van der Waals surface area contributed by atoms with E-state index in [9.17, 15) is 0 Å². The second-order valence-corrected chi connectivity index (χ2v) is 14.3. The molecule has 7 aromatic rings. The van der Waals surface area contributed by atoms with Crippen LogP contribution in [0, 0.1) is 13.8 Å². The quantitative estimate of drug-likeness (QED) is 0.183. The molecule has 0 radical (unpaired) electrons. The predicted octanol–water partition coefficient (Wildman–Crippen LogP) is 12.4. The first-order chi connectivity index (χ1) is 23.9. The number of rotatable bonds is 5. The van der Waals surface area contributed by atoms with Crippen LogP contribution in [0.2, 0.25) is 0 Å². The molecule has 0 bridgehead atoms. The van der Waals surface area contributed by atoms with Crippen LogP contribution in [-0.4, -0.2) is 0 Å². The summed E-state index contributed by atoms with van der Waals surface area (Å²) in [5.74, 6) is 0. The lowest BCUT2D eigenvalue weighted by atomic mass is 9.67. The highest BCUT2D eigenvalue weighted by molar-refractivity contribution is 5.90. The number of nitrogens with zero attached hydrogens (tertiary/aromatic N) is 1. The van der Waals surface area contributed by atoms with Gasteiger partial charge in [0, 0.05) is 22.5 Å². The summed E-state index contributed by atoms with van der Waals surface area (Å²) in [7, 11) is 0. The average molecular weight is 630 g/mol. The Morgan fingerprint density at radius 2 is 0.816 bits per heavy atom. The minimum absolute atomic E-state index is 0.0874. The molecule has 0 aliphatic heterocycles. The number of para-hydroxylation sites is 1. The standard InChI is InChI=1S/C48H39N/c1-32-18-22-34(23-19-32)48(35-24-20-33(2)21-25-35)44-17-11-9-15-40(44)42-29-27-38(31-46(42)48)49(36-12-6-5-7-13-36)37-26-28-41-39-14-8-10-16-43(39)47(3,4)45(41)30-37/h5-31H,1-4H3. The lowest BCUT2D eigenvalue weighted by molar-refractivity contribution is 0.660. The van der Waals surface area contributed by atoms with Gasteiger partial charge in [0.2, 0.25) is 0 Å². The molecule has 49 heavy (non-hydrogen) atoms. The Bertz CT molecular complexity index is 2320. The second-order valence-electron chi connectivity index (χ2n) is 14.3. The number of anilines is 3. The molecular weight excluding hydrogens is 591 g/mol. The SMILES string of the molecule is Cc1ccc(C2(c3ccc(C)cc3)c3ccccc3-c3ccc(N(c4ccccc4)c4ccc5c(c4)C(C)(C)c4ccccc4-5)cc32)cc1. The van der Waals surface area contributed by atoms with Gasteiger partial charge in [-0.1, -0.05) is 152 Å². The van der Waals surface area contributed by atoms with E-state index in [1.807, 2.05) is 0 Å². The van der Waals surface area contributed by atoms with E-state index < -0.39 is 5.41 Å². The fraction of sp³-hybridized carbons (Fsp3) is 0.125. The van der Waals surface area contributed by atoms with Crippen LogP contribution in [0.1, 0.15) is 58.4 Å². The summed E-state index contributed by atoms with van der Waals surface area (Å²) in [5.41, 5.74) is 18.7. The first-order valence-electron chi connectivity index (χ1n) is 17.4. The molecular formula is C48H39N. The van der Waals surface area contributed by atoms with E-state index in [1.54, 1.807) is 0 Å². The minimum atomic E-state index is -0.465. The summed E-state index contributed by atoms with van der Waals surface area (Å²) in [6.07, 6.45) is 0. The summed E-state index contributed by atoms with van der Waals surface area (Å²) in [4.78, 5) is 2.44. The van der Waals surface area contributed by atoms with Gasteiger partial charge in [-0.25, -0.2) is 0 Å². The Morgan fingerprint density at radius 1 is 0.367 bits per heavy atom. The van der Waals surface area contributed by atoms with Crippen LogP contribution in [-0.2, 0) is 10.8 Å². The molecule has 236 valence electrons. The molecule has 0 amide bonds. The van der Waals surface area contributed by atoms with E-state index in [0.717, 1.165) is 17.1 Å². The lowest BCUT2D eigenvalue weighted by Crippen LogP contribution is -2.29. The molecule has 0 aromatic heterocycles.